The van der Waals surface area contributed by atoms with Gasteiger partial charge in [0.05, 0.1) is 93.7 Å². The van der Waals surface area contributed by atoms with E-state index in [1.54, 1.807) is 88.2 Å². The van der Waals surface area contributed by atoms with E-state index in [9.17, 15) is 31.9 Å². The predicted molar refractivity (Wildman–Crippen MR) is 545 cm³/mol. The van der Waals surface area contributed by atoms with Gasteiger partial charge in [-0.25, -0.2) is 42.1 Å². The molecule has 1 amide bonds. The number of hydrogen-bond acceptors (Lipinski definition) is 25. The van der Waals surface area contributed by atoms with Crippen LogP contribution in [-0.4, -0.2) is 148 Å². The number of nitrogens with two attached hydrogens (primary N) is 1. The van der Waals surface area contributed by atoms with Crippen LogP contribution < -0.4 is 35.3 Å². The number of amides is 1. The van der Waals surface area contributed by atoms with Gasteiger partial charge in [-0.3, -0.25) is 9.97 Å². The number of nitrogens with one attached hydrogen (secondary N) is 2. The molecule has 29 nitrogen and oxygen atoms in total. The van der Waals surface area contributed by atoms with Crippen molar-refractivity contribution in [3.63, 3.8) is 0 Å². The molecule has 19 rings (SSSR count). The predicted octanol–water partition coefficient (Wildman–Crippen LogP) is 23.0. The van der Waals surface area contributed by atoms with Crippen LogP contribution >= 0.6 is 11.6 Å². The minimum Gasteiger partial charge on any atom is -0.496 e. The second-order valence-electron chi connectivity index (χ2n) is 37.0. The number of carbonyl (C=O) groups excluding carboxylic acids is 11. The lowest BCUT2D eigenvalue weighted by atomic mass is 9.88. The number of hydrogen-bond donors (Lipinski definition) is 3. The number of ether oxygens (including phenoxy) is 6. The van der Waals surface area contributed by atoms with Crippen molar-refractivity contribution in [1.82, 2.24) is 48.8 Å². The van der Waals surface area contributed by atoms with Crippen LogP contribution in [-0.2, 0) is 98.2 Å². The van der Waals surface area contributed by atoms with Gasteiger partial charge in [0.25, 0.3) is 0 Å². The number of halogens is 5. The number of rotatable bonds is 21. The molecule has 8 aromatic carbocycles. The molecule has 6 aliphatic rings. The zero-order valence-corrected chi connectivity index (χ0v) is 85.1. The van der Waals surface area contributed by atoms with Crippen LogP contribution in [0.2, 0.25) is 0 Å². The largest absolute Gasteiger partial charge is 0.496 e. The Morgan fingerprint density at radius 1 is 0.459 bits per heavy atom. The Morgan fingerprint density at radius 2 is 0.815 bits per heavy atom. The van der Waals surface area contributed by atoms with E-state index in [1.165, 1.54) is 175 Å². The van der Waals surface area contributed by atoms with Gasteiger partial charge in [-0.2, -0.15) is 38.4 Å². The van der Waals surface area contributed by atoms with E-state index in [2.05, 4.69) is 108 Å². The van der Waals surface area contributed by atoms with Crippen LogP contribution in [0.25, 0.3) is 54.6 Å². The number of nitrogens with zero attached hydrogens (tertiary/aromatic N) is 9. The van der Waals surface area contributed by atoms with Crippen LogP contribution in [0.15, 0.2) is 158 Å². The van der Waals surface area contributed by atoms with Gasteiger partial charge < -0.3 is 68.2 Å². The number of aldehydes is 1. The minimum atomic E-state index is -0.773. The quantitative estimate of drug-likeness (QED) is 0.0260. The van der Waals surface area contributed by atoms with Gasteiger partial charge in [0.1, 0.15) is 70.0 Å². The normalized spacial score (nSPS) is 15.1. The summed E-state index contributed by atoms with van der Waals surface area (Å²) < 4.78 is 93.8. The van der Waals surface area contributed by atoms with Crippen molar-refractivity contribution in [3.8, 4) is 23.0 Å². The molecule has 34 heteroatoms. The first kappa shape index (κ1) is 114. The molecule has 774 valence electrons. The Morgan fingerprint density at radius 3 is 1.21 bits per heavy atom. The molecule has 4 unspecified atom stereocenters. The number of anilines is 2. The summed E-state index contributed by atoms with van der Waals surface area (Å²) >= 11 is 4.60. The monoisotopic (exact) mass is 2020 g/mol. The van der Waals surface area contributed by atoms with Crippen LogP contribution in [0, 0.1) is 29.2 Å². The van der Waals surface area contributed by atoms with Crippen molar-refractivity contribution < 1.29 is 98.7 Å². The number of fused-ring (bicyclic) bond motifs is 10. The summed E-state index contributed by atoms with van der Waals surface area (Å²) in [5.74, 6) is 7.45. The fraction of sp³-hybridized carbons (Fsp3) is 0.429. The molecule has 146 heavy (non-hydrogen) atoms. The summed E-state index contributed by atoms with van der Waals surface area (Å²) in [7, 11) is 9.16. The van der Waals surface area contributed by atoms with Gasteiger partial charge in [-0.1, -0.05) is 129 Å². The molecule has 4 N–H and O–H groups in total. The molecule has 5 aromatic heterocycles. The molecule has 13 aromatic rings. The van der Waals surface area contributed by atoms with Gasteiger partial charge in [0, 0.05) is 162 Å². The zero-order chi connectivity index (χ0) is 105. The number of benzene rings is 8. The van der Waals surface area contributed by atoms with Crippen LogP contribution in [0.1, 0.15) is 260 Å². The van der Waals surface area contributed by atoms with Crippen LogP contribution in [0.4, 0.5) is 38.5 Å². The van der Waals surface area contributed by atoms with Crippen molar-refractivity contribution in [2.75, 3.05) is 73.3 Å². The molecule has 4 saturated carbocycles. The average Bonchev–Trinajstić information content (AvgIpc) is 1.61. The van der Waals surface area contributed by atoms with E-state index >= 15 is 0 Å². The van der Waals surface area contributed by atoms with E-state index in [4.69, 9.17) is 82.7 Å². The number of aromatic nitrogens is 8. The highest BCUT2D eigenvalue weighted by molar-refractivity contribution is 6.61. The van der Waals surface area contributed by atoms with E-state index in [-0.39, 0.29) is 77.6 Å². The number of carbonyl (C=O) groups is 3. The Labute approximate surface area is 851 Å². The zero-order valence-electron chi connectivity index (χ0n) is 84.4. The van der Waals surface area contributed by atoms with Crippen molar-refractivity contribution in [2.45, 2.75) is 243 Å². The summed E-state index contributed by atoms with van der Waals surface area (Å²) in [6.07, 6.45) is 35.5. The smallest absolute Gasteiger partial charge is 0.409 e. The van der Waals surface area contributed by atoms with Crippen molar-refractivity contribution in [1.29, 1.82) is 0 Å². The second kappa shape index (κ2) is 58.0. The third-order valence-electron chi connectivity index (χ3n) is 27.8. The van der Waals surface area contributed by atoms with Gasteiger partial charge in [-0.05, 0) is 207 Å². The van der Waals surface area contributed by atoms with Gasteiger partial charge in [0.2, 0.25) is 0 Å². The fourth-order valence-electron chi connectivity index (χ4n) is 20.5. The van der Waals surface area contributed by atoms with Crippen molar-refractivity contribution >= 4 is 120 Å². The average molecular weight is 2030 g/mol. The summed E-state index contributed by atoms with van der Waals surface area (Å²) in [6.45, 7) is 14.3. The fourth-order valence-corrected chi connectivity index (χ4v) is 20.5. The third-order valence-corrected chi connectivity index (χ3v) is 28.0. The molecule has 2 aliphatic heterocycles. The summed E-state index contributed by atoms with van der Waals surface area (Å²) in [6, 6.07) is 40.0. The molecular formula is C112H129ClF4N12O17. The first-order valence-electron chi connectivity index (χ1n) is 49.4. The summed E-state index contributed by atoms with van der Waals surface area (Å²) in [5, 5.41) is 11.1. The molecule has 0 radical (unpaired) electrons. The Balaban J connectivity index is 0.000000185. The standard InChI is InChI=1S/C28H34FN3O3.C26H32FN3O.C26H28FN3O.C19H20FN3O.C7H12O.C2H3ClO2.4CO2/c1-18(22-15-21(29)10-12-25(22)34-2)16-32-24-11-9-19-13-14-31(28(33)35-3)17-23(19)26(24)30-27(32)20-7-5-4-6-8-20;2*1-17(21-14-20(27)9-11-24(21)31-2)16-30-23-10-8-18-12-13-28-15-22(18)25(23)29-26(30)19-6-4-3-5-7-19;1-12(15-9-14(20)4-6-18(15)24-2)10-23-17-5-3-13-7-8-22-11-16(13)19(17)21;8-6-7-4-2-1-3-5-7;1-5-2(3)4;4*2-1-3/h9-12,15,18,20H,4-8,13-14,16-17H2,1-3H3;8-11,14,17,19,28H,3-7,12-13,15-16H2,1-2H3;8-15,17,19H,3-7,16H2,1-2H3;3-9,11-12,23H,10,21H2,1-2H3;6-7H,1-5H2;1H3;;;;. The summed E-state index contributed by atoms with van der Waals surface area (Å²) in [5.41, 5.74) is 22.2. The van der Waals surface area contributed by atoms with E-state index in [0.29, 0.717) is 67.0 Å². The Bertz CT molecular complexity index is 6600. The third kappa shape index (κ3) is 30.2. The maximum atomic E-state index is 14.1. The molecule has 4 fully saturated rings. The maximum absolute atomic E-state index is 14.1. The van der Waals surface area contributed by atoms with E-state index in [0.717, 1.165) is 177 Å². The molecule has 4 atom stereocenters. The van der Waals surface area contributed by atoms with Crippen molar-refractivity contribution in [3.05, 3.63) is 243 Å². The Kier molecular flexibility index (Phi) is 45.1. The van der Waals surface area contributed by atoms with Crippen LogP contribution in [0.3, 0.4) is 0 Å². The van der Waals surface area contributed by atoms with Gasteiger partial charge in [-0.15, -0.1) is 0 Å². The van der Waals surface area contributed by atoms with Gasteiger partial charge >= 0.3 is 36.1 Å². The highest BCUT2D eigenvalue weighted by atomic mass is 35.5. The number of nitrogen functional groups attached to an aromatic ring is 1. The van der Waals surface area contributed by atoms with E-state index in [1.807, 2.05) is 43.6 Å². The number of pyridine rings is 2. The first-order valence-corrected chi connectivity index (χ1v) is 49.8. The van der Waals surface area contributed by atoms with Gasteiger partial charge in [0.15, 0.2) is 0 Å². The first-order chi connectivity index (χ1) is 70.8. The molecule has 0 bridgehead atoms. The lowest BCUT2D eigenvalue weighted by molar-refractivity contribution is -0.193. The molecule has 7 heterocycles. The number of methoxy groups -OCH3 is 6. The number of imidazole rings is 3. The lowest BCUT2D eigenvalue weighted by Crippen LogP contribution is -2.35. The SMILES string of the molecule is COC(=O)Cl.COC(=O)N1CCc2ccc3c(nc(C4CCCCC4)n3CC(C)c3cc(F)ccc3OC)c2C1.COc1ccc(F)cc1C(C)CNc1ccc2ccncc2c1N.COc1ccc(F)cc1C(C)Cn1c(C2CCCCC2)nc2c3c(ccc21)CCNC3.COc1ccc(F)cc1C(C)Cn1c(C2CCCCC2)nc2c3cnccc3ccc21.O=C=O.O=C=O.O=C=O.O=C=O.O=CC1CCCCC1. The molecule has 0 spiro atoms. The highest BCUT2D eigenvalue weighted by Crippen LogP contribution is 2.44. The Hall–Kier alpha value is -14.3. The maximum Gasteiger partial charge on any atom is 0.409 e. The minimum absolute atomic E-state index is 0.0305. The lowest BCUT2D eigenvalue weighted by Gasteiger charge is -2.27. The summed E-state index contributed by atoms with van der Waals surface area (Å²) in [4.78, 5) is 123. The van der Waals surface area contributed by atoms with Crippen molar-refractivity contribution in [2.24, 2.45) is 5.92 Å². The van der Waals surface area contributed by atoms with Crippen LogP contribution in [0.5, 0.6) is 23.0 Å². The molecular weight excluding hydrogens is 1900 g/mol. The topological polar surface area (TPSA) is 376 Å². The molecule has 0 saturated heterocycles. The second-order valence-corrected chi connectivity index (χ2v) is 37.3. The highest BCUT2D eigenvalue weighted by Gasteiger charge is 2.33. The van der Waals surface area contributed by atoms with E-state index < -0.39 is 5.43 Å². The molecule has 4 aliphatic carbocycles.